The maximum absolute atomic E-state index is 13.0. The summed E-state index contributed by atoms with van der Waals surface area (Å²) in [5, 5.41) is 13.7. The average molecular weight is 564 g/mol. The van der Waals surface area contributed by atoms with Gasteiger partial charge in [0.25, 0.3) is 11.8 Å². The summed E-state index contributed by atoms with van der Waals surface area (Å²) in [6.45, 7) is 6.37. The maximum Gasteiger partial charge on any atom is 0.358 e. The Hall–Kier alpha value is -2.45. The highest BCUT2D eigenvalue weighted by atomic mass is 79.9. The molecular weight excluding hydrogens is 538 g/mol. The largest absolute Gasteiger partial charge is 0.509 e. The van der Waals surface area contributed by atoms with E-state index in [1.165, 1.54) is 25.8 Å². The van der Waals surface area contributed by atoms with E-state index in [-0.39, 0.29) is 23.4 Å². The number of methoxy groups -OCH3 is 1. The van der Waals surface area contributed by atoms with Crippen LogP contribution in [0.2, 0.25) is 0 Å². The van der Waals surface area contributed by atoms with E-state index in [9.17, 15) is 29.2 Å². The number of β-lactam (4-membered cyclic amide) rings is 1. The number of nitroso groups, excluding NO2 is 1. The van der Waals surface area contributed by atoms with Gasteiger partial charge < -0.3 is 24.6 Å². The van der Waals surface area contributed by atoms with Crippen LogP contribution in [0, 0.1) is 10.3 Å². The zero-order valence-electron chi connectivity index (χ0n) is 19.2. The van der Waals surface area contributed by atoms with E-state index < -0.39 is 58.3 Å². The van der Waals surface area contributed by atoms with Crippen molar-refractivity contribution in [2.24, 2.45) is 10.6 Å². The summed E-state index contributed by atoms with van der Waals surface area (Å²) < 4.78 is 15.6. The predicted molar refractivity (Wildman–Crippen MR) is 124 cm³/mol. The van der Waals surface area contributed by atoms with Gasteiger partial charge in [-0.15, -0.1) is 16.7 Å². The molecule has 0 saturated carbocycles. The molecule has 2 unspecified atom stereocenters. The van der Waals surface area contributed by atoms with Crippen LogP contribution in [0.5, 0.6) is 0 Å². The average Bonchev–Trinajstić information content (AvgIpc) is 2.76. The van der Waals surface area contributed by atoms with Gasteiger partial charge in [-0.2, -0.15) is 0 Å². The molecule has 0 aromatic heterocycles. The molecule has 2 N–H and O–H groups in total. The number of thioether (sulfide) groups is 1. The molecule has 1 saturated heterocycles. The van der Waals surface area contributed by atoms with Crippen LogP contribution in [0.15, 0.2) is 27.9 Å². The van der Waals surface area contributed by atoms with Crippen LogP contribution in [0.3, 0.4) is 0 Å². The Morgan fingerprint density at radius 3 is 2.50 bits per heavy atom. The molecule has 0 aromatic carbocycles. The van der Waals surface area contributed by atoms with E-state index in [1.807, 2.05) is 0 Å². The van der Waals surface area contributed by atoms with Gasteiger partial charge in [0.2, 0.25) is 12.0 Å². The van der Waals surface area contributed by atoms with Gasteiger partial charge in [0.05, 0.1) is 17.4 Å². The van der Waals surface area contributed by atoms with Crippen LogP contribution in [0.1, 0.15) is 27.7 Å². The fourth-order valence-electron chi connectivity index (χ4n) is 3.01. The Bertz CT molecular complexity index is 944. The van der Waals surface area contributed by atoms with Crippen molar-refractivity contribution in [2.45, 2.75) is 45.4 Å². The van der Waals surface area contributed by atoms with E-state index >= 15 is 0 Å². The molecule has 2 aliphatic heterocycles. The fraction of sp³-hybridized carbons (Fsp3) is 0.600. The summed E-state index contributed by atoms with van der Waals surface area (Å²) in [6.07, 6.45) is -1.21. The van der Waals surface area contributed by atoms with Crippen molar-refractivity contribution in [3.63, 3.8) is 0 Å². The third-order valence-corrected chi connectivity index (χ3v) is 6.58. The third-order valence-electron chi connectivity index (χ3n) is 4.71. The van der Waals surface area contributed by atoms with Crippen LogP contribution in [-0.2, 0) is 33.4 Å². The quantitative estimate of drug-likeness (QED) is 0.0802. The molecular formula is C20H26BrN3O9S. The van der Waals surface area contributed by atoms with Gasteiger partial charge in [-0.3, -0.25) is 19.3 Å². The van der Waals surface area contributed by atoms with Gasteiger partial charge in [0.1, 0.15) is 22.9 Å². The first-order valence-electron chi connectivity index (χ1n) is 10.1. The Kier molecular flexibility index (Phi) is 9.25. The number of fused-ring (bicyclic) bond motifs is 1. The van der Waals surface area contributed by atoms with Crippen molar-refractivity contribution in [3.8, 4) is 0 Å². The smallest absolute Gasteiger partial charge is 0.358 e. The molecule has 2 rings (SSSR count). The highest BCUT2D eigenvalue weighted by Crippen LogP contribution is 2.41. The molecule has 2 amide bonds. The van der Waals surface area contributed by atoms with Gasteiger partial charge in [-0.05, 0) is 31.5 Å². The SMILES string of the molecule is COCC1=C(C(=O)OC(C)OC(=O)C(C)(C)C)N2C(=O)C(NC(=O)C(N=O)=C(O)CBr)[C@H]2SC1. The summed E-state index contributed by atoms with van der Waals surface area (Å²) in [4.78, 5) is 62.3. The molecule has 188 valence electrons. The van der Waals surface area contributed by atoms with Gasteiger partial charge in [0, 0.05) is 19.8 Å². The van der Waals surface area contributed by atoms with Crippen molar-refractivity contribution in [2.75, 3.05) is 24.8 Å². The Morgan fingerprint density at radius 1 is 1.32 bits per heavy atom. The number of esters is 2. The summed E-state index contributed by atoms with van der Waals surface area (Å²) in [7, 11) is 1.43. The zero-order valence-corrected chi connectivity index (χ0v) is 21.6. The van der Waals surface area contributed by atoms with E-state index in [2.05, 4.69) is 26.4 Å². The molecule has 34 heavy (non-hydrogen) atoms. The number of hydrogen-bond acceptors (Lipinski definition) is 11. The van der Waals surface area contributed by atoms with Crippen LogP contribution < -0.4 is 5.32 Å². The zero-order chi connectivity index (χ0) is 25.8. The molecule has 12 nitrogen and oxygen atoms in total. The first kappa shape index (κ1) is 27.8. The van der Waals surface area contributed by atoms with Crippen molar-refractivity contribution in [1.29, 1.82) is 0 Å². The van der Waals surface area contributed by atoms with Crippen LogP contribution in [-0.4, -0.2) is 76.3 Å². The number of ether oxygens (including phenoxy) is 3. The monoisotopic (exact) mass is 563 g/mol. The lowest BCUT2D eigenvalue weighted by atomic mass is 9.97. The highest BCUT2D eigenvalue weighted by molar-refractivity contribution is 9.09. The molecule has 2 heterocycles. The number of rotatable bonds is 9. The normalized spacial score (nSPS) is 21.6. The van der Waals surface area contributed by atoms with E-state index in [0.717, 1.165) is 4.90 Å². The highest BCUT2D eigenvalue weighted by Gasteiger charge is 2.55. The fourth-order valence-corrected chi connectivity index (χ4v) is 4.61. The number of hydrogen-bond donors (Lipinski definition) is 2. The molecule has 1 fully saturated rings. The summed E-state index contributed by atoms with van der Waals surface area (Å²) >= 11 is 4.18. The van der Waals surface area contributed by atoms with Gasteiger partial charge in [-0.25, -0.2) is 4.79 Å². The molecule has 0 spiro atoms. The number of allylic oxidation sites excluding steroid dienone is 1. The number of amides is 2. The van der Waals surface area contributed by atoms with Crippen LogP contribution in [0.4, 0.5) is 0 Å². The van der Waals surface area contributed by atoms with Crippen LogP contribution in [0.25, 0.3) is 0 Å². The number of nitrogens with zero attached hydrogens (tertiary/aromatic N) is 2. The van der Waals surface area contributed by atoms with E-state index in [4.69, 9.17) is 14.2 Å². The second-order valence-corrected chi connectivity index (χ2v) is 10.1. The Labute approximate surface area is 208 Å². The summed E-state index contributed by atoms with van der Waals surface area (Å²) in [6, 6.07) is -1.07. The molecule has 0 bridgehead atoms. The second-order valence-electron chi connectivity index (χ2n) is 8.39. The lowest BCUT2D eigenvalue weighted by Crippen LogP contribution is -2.70. The molecule has 0 aliphatic carbocycles. The second kappa shape index (κ2) is 11.3. The number of halogens is 1. The molecule has 0 aromatic rings. The Morgan fingerprint density at radius 2 is 1.97 bits per heavy atom. The minimum Gasteiger partial charge on any atom is -0.509 e. The van der Waals surface area contributed by atoms with E-state index in [0.29, 0.717) is 5.57 Å². The summed E-state index contributed by atoms with van der Waals surface area (Å²) in [5.41, 5.74) is -1.14. The van der Waals surface area contributed by atoms with Crippen molar-refractivity contribution in [3.05, 3.63) is 27.6 Å². The maximum atomic E-state index is 13.0. The van der Waals surface area contributed by atoms with Gasteiger partial charge in [0.15, 0.2) is 0 Å². The topological polar surface area (TPSA) is 161 Å². The van der Waals surface area contributed by atoms with Crippen molar-refractivity contribution >= 4 is 51.4 Å². The minimum atomic E-state index is -1.21. The van der Waals surface area contributed by atoms with E-state index in [1.54, 1.807) is 20.8 Å². The number of alkyl halides is 1. The molecule has 3 atom stereocenters. The number of nitrogens with one attached hydrogen (secondary N) is 1. The molecule has 2 aliphatic rings. The lowest BCUT2D eigenvalue weighted by molar-refractivity contribution is -0.190. The minimum absolute atomic E-state index is 0.0438. The standard InChI is InChI=1S/C20H26BrN3O9S/c1-9(33-19(29)20(2,3)4)32-18(28)14-10(7-31-5)8-34-17-13(16(27)24(14)17)22-15(26)12(23-30)11(25)6-21/h9,13,17,25H,6-8H2,1-5H3,(H,22,26)/t9?,13?,17-/m1/s1. The van der Waals surface area contributed by atoms with Gasteiger partial charge >= 0.3 is 11.9 Å². The first-order chi connectivity index (χ1) is 15.9. The van der Waals surface area contributed by atoms with Crippen LogP contribution >= 0.6 is 27.7 Å². The number of aliphatic hydroxyl groups is 1. The van der Waals surface area contributed by atoms with Gasteiger partial charge in [-0.1, -0.05) is 15.9 Å². The molecule has 0 radical (unpaired) electrons. The predicted octanol–water partition coefficient (Wildman–Crippen LogP) is 1.70. The first-order valence-corrected chi connectivity index (χ1v) is 12.2. The summed E-state index contributed by atoms with van der Waals surface area (Å²) in [5.74, 6) is -3.41. The van der Waals surface area contributed by atoms with Crippen molar-refractivity contribution < 1.29 is 38.5 Å². The Balaban J connectivity index is 2.21. The third kappa shape index (κ3) is 5.96. The molecule has 14 heteroatoms. The van der Waals surface area contributed by atoms with Crippen molar-refractivity contribution in [1.82, 2.24) is 10.2 Å². The number of carbonyl (C=O) groups excluding carboxylic acids is 4. The number of aliphatic hydroxyl groups excluding tert-OH is 1. The number of carbonyl (C=O) groups is 4. The lowest BCUT2D eigenvalue weighted by Gasteiger charge is -2.49.